The average molecular weight is 205 g/mol. The lowest BCUT2D eigenvalue weighted by Crippen LogP contribution is -1.95. The largest absolute Gasteiger partial charge is 0.477 e. The Kier molecular flexibility index (Phi) is 2.25. The predicted octanol–water partition coefficient (Wildman–Crippen LogP) is 2.52. The molecule has 0 aliphatic rings. The third kappa shape index (κ3) is 1.88. The molecule has 0 saturated carbocycles. The van der Waals surface area contributed by atoms with Crippen LogP contribution in [0.4, 0.5) is 4.39 Å². The van der Waals surface area contributed by atoms with E-state index in [0.717, 1.165) is 5.56 Å². The van der Waals surface area contributed by atoms with E-state index in [1.54, 1.807) is 18.2 Å². The van der Waals surface area contributed by atoms with E-state index in [-0.39, 0.29) is 11.5 Å². The van der Waals surface area contributed by atoms with Crippen molar-refractivity contribution in [1.29, 1.82) is 0 Å². The highest BCUT2D eigenvalue weighted by molar-refractivity contribution is 5.86. The topological polar surface area (TPSA) is 53.1 Å². The van der Waals surface area contributed by atoms with E-state index >= 15 is 0 Å². The Balaban J connectivity index is 2.37. The number of carboxylic acid groups (broad SMARTS) is 1. The van der Waals surface area contributed by atoms with Gasteiger partial charge in [-0.2, -0.15) is 0 Å². The third-order valence-corrected chi connectivity index (χ3v) is 2.07. The third-order valence-electron chi connectivity index (χ3n) is 2.07. The number of carboxylic acids is 1. The first-order valence-corrected chi connectivity index (χ1v) is 4.35. The Hall–Kier alpha value is -2.10. The van der Waals surface area contributed by atoms with Gasteiger partial charge in [0.15, 0.2) is 0 Å². The zero-order valence-electron chi connectivity index (χ0n) is 7.70. The van der Waals surface area contributed by atoms with Gasteiger partial charge in [0.25, 0.3) is 0 Å². The van der Waals surface area contributed by atoms with Gasteiger partial charge in [-0.1, -0.05) is 0 Å². The van der Waals surface area contributed by atoms with Crippen LogP contribution in [-0.4, -0.2) is 16.1 Å². The van der Waals surface area contributed by atoms with Gasteiger partial charge in [-0.3, -0.25) is 0 Å². The van der Waals surface area contributed by atoms with E-state index in [0.29, 0.717) is 5.69 Å². The van der Waals surface area contributed by atoms with Crippen molar-refractivity contribution >= 4 is 5.97 Å². The van der Waals surface area contributed by atoms with Crippen LogP contribution in [0.1, 0.15) is 10.5 Å². The van der Waals surface area contributed by atoms with Gasteiger partial charge >= 0.3 is 5.97 Å². The summed E-state index contributed by atoms with van der Waals surface area (Å²) in [6, 6.07) is 8.96. The number of nitrogens with one attached hydrogen (secondary N) is 1. The molecular weight excluding hydrogens is 197 g/mol. The van der Waals surface area contributed by atoms with Gasteiger partial charge in [-0.05, 0) is 42.0 Å². The van der Waals surface area contributed by atoms with Crippen molar-refractivity contribution < 1.29 is 14.3 Å². The molecule has 2 rings (SSSR count). The van der Waals surface area contributed by atoms with Crippen molar-refractivity contribution in [3.8, 4) is 11.3 Å². The number of aromatic amines is 1. The number of H-pyrrole nitrogens is 1. The van der Waals surface area contributed by atoms with E-state index in [9.17, 15) is 9.18 Å². The highest BCUT2D eigenvalue weighted by Crippen LogP contribution is 2.18. The maximum absolute atomic E-state index is 12.6. The molecule has 2 N–H and O–H groups in total. The lowest BCUT2D eigenvalue weighted by molar-refractivity contribution is 0.0691. The van der Waals surface area contributed by atoms with Crippen molar-refractivity contribution in [3.63, 3.8) is 0 Å². The predicted molar refractivity (Wildman–Crippen MR) is 53.1 cm³/mol. The van der Waals surface area contributed by atoms with Gasteiger partial charge in [0.05, 0.1) is 0 Å². The number of carbonyl (C=O) groups is 1. The van der Waals surface area contributed by atoms with Gasteiger partial charge in [0.1, 0.15) is 11.5 Å². The molecule has 0 atom stereocenters. The first-order chi connectivity index (χ1) is 7.16. The second kappa shape index (κ2) is 3.57. The van der Waals surface area contributed by atoms with Crippen LogP contribution in [0.2, 0.25) is 0 Å². The van der Waals surface area contributed by atoms with Crippen LogP contribution in [-0.2, 0) is 0 Å². The standard InChI is InChI=1S/C11H8FNO2/c12-8-3-1-7(2-4-8)9-5-6-10(13-9)11(14)15/h1-6,13H,(H,14,15). The Labute approximate surface area is 85.2 Å². The normalized spacial score (nSPS) is 10.2. The summed E-state index contributed by atoms with van der Waals surface area (Å²) < 4.78 is 12.6. The molecular formula is C11H8FNO2. The molecule has 0 bridgehead atoms. The molecule has 0 amide bonds. The monoisotopic (exact) mass is 205 g/mol. The minimum absolute atomic E-state index is 0.120. The second-order valence-corrected chi connectivity index (χ2v) is 3.10. The molecule has 0 aliphatic heterocycles. The molecule has 0 spiro atoms. The Bertz CT molecular complexity index is 488. The van der Waals surface area contributed by atoms with Crippen molar-refractivity contribution in [2.24, 2.45) is 0 Å². The molecule has 0 radical (unpaired) electrons. The zero-order valence-corrected chi connectivity index (χ0v) is 7.70. The van der Waals surface area contributed by atoms with Crippen LogP contribution >= 0.6 is 0 Å². The van der Waals surface area contributed by atoms with Crippen LogP contribution in [0.25, 0.3) is 11.3 Å². The molecule has 2 aromatic rings. The smallest absolute Gasteiger partial charge is 0.352 e. The molecule has 1 heterocycles. The van der Waals surface area contributed by atoms with Crippen molar-refractivity contribution in [3.05, 3.63) is 47.9 Å². The molecule has 4 heteroatoms. The molecule has 0 saturated heterocycles. The molecule has 76 valence electrons. The van der Waals surface area contributed by atoms with Crippen LogP contribution < -0.4 is 0 Å². The van der Waals surface area contributed by atoms with E-state index in [4.69, 9.17) is 5.11 Å². The minimum Gasteiger partial charge on any atom is -0.477 e. The molecule has 0 aliphatic carbocycles. The van der Waals surface area contributed by atoms with Crippen LogP contribution in [0.15, 0.2) is 36.4 Å². The molecule has 15 heavy (non-hydrogen) atoms. The van der Waals surface area contributed by atoms with Gasteiger partial charge in [-0.25, -0.2) is 9.18 Å². The van der Waals surface area contributed by atoms with Gasteiger partial charge in [-0.15, -0.1) is 0 Å². The van der Waals surface area contributed by atoms with E-state index in [1.807, 2.05) is 0 Å². The van der Waals surface area contributed by atoms with Gasteiger partial charge in [0.2, 0.25) is 0 Å². The average Bonchev–Trinajstić information content (AvgIpc) is 2.68. The fraction of sp³-hybridized carbons (Fsp3) is 0. The summed E-state index contributed by atoms with van der Waals surface area (Å²) in [6.07, 6.45) is 0. The summed E-state index contributed by atoms with van der Waals surface area (Å²) in [5.41, 5.74) is 1.53. The molecule has 1 aromatic carbocycles. The van der Waals surface area contributed by atoms with E-state index < -0.39 is 5.97 Å². The first kappa shape index (κ1) is 9.45. The number of hydrogen-bond donors (Lipinski definition) is 2. The van der Waals surface area contributed by atoms with Crippen molar-refractivity contribution in [2.45, 2.75) is 0 Å². The SMILES string of the molecule is O=C(O)c1ccc(-c2ccc(F)cc2)[nH]1. The highest BCUT2D eigenvalue weighted by Gasteiger charge is 2.06. The van der Waals surface area contributed by atoms with Crippen LogP contribution in [0.3, 0.4) is 0 Å². The number of halogens is 1. The van der Waals surface area contributed by atoms with Gasteiger partial charge < -0.3 is 10.1 Å². The summed E-state index contributed by atoms with van der Waals surface area (Å²) in [5.74, 6) is -1.33. The zero-order chi connectivity index (χ0) is 10.8. The summed E-state index contributed by atoms with van der Waals surface area (Å²) in [4.78, 5) is 13.3. The molecule has 0 fully saturated rings. The second-order valence-electron chi connectivity index (χ2n) is 3.10. The number of rotatable bonds is 2. The minimum atomic E-state index is -1.01. The summed E-state index contributed by atoms with van der Waals surface area (Å²) in [6.45, 7) is 0. The van der Waals surface area contributed by atoms with E-state index in [2.05, 4.69) is 4.98 Å². The molecule has 0 unspecified atom stereocenters. The summed E-state index contributed by atoms with van der Waals surface area (Å²) in [5, 5.41) is 8.70. The molecule has 3 nitrogen and oxygen atoms in total. The highest BCUT2D eigenvalue weighted by atomic mass is 19.1. The lowest BCUT2D eigenvalue weighted by atomic mass is 10.1. The van der Waals surface area contributed by atoms with Crippen LogP contribution in [0, 0.1) is 5.82 Å². The Morgan fingerprint density at radius 2 is 1.80 bits per heavy atom. The fourth-order valence-corrected chi connectivity index (χ4v) is 1.32. The van der Waals surface area contributed by atoms with Crippen molar-refractivity contribution in [2.75, 3.05) is 0 Å². The number of aromatic carboxylic acids is 1. The fourth-order valence-electron chi connectivity index (χ4n) is 1.32. The van der Waals surface area contributed by atoms with Gasteiger partial charge in [0, 0.05) is 5.69 Å². The maximum Gasteiger partial charge on any atom is 0.352 e. The number of benzene rings is 1. The van der Waals surface area contributed by atoms with Crippen molar-refractivity contribution in [1.82, 2.24) is 4.98 Å². The van der Waals surface area contributed by atoms with E-state index in [1.165, 1.54) is 18.2 Å². The number of aromatic nitrogens is 1. The Morgan fingerprint density at radius 1 is 1.13 bits per heavy atom. The van der Waals surface area contributed by atoms with Crippen LogP contribution in [0.5, 0.6) is 0 Å². The number of hydrogen-bond acceptors (Lipinski definition) is 1. The molecule has 1 aromatic heterocycles. The first-order valence-electron chi connectivity index (χ1n) is 4.35. The summed E-state index contributed by atoms with van der Waals surface area (Å²) >= 11 is 0. The quantitative estimate of drug-likeness (QED) is 0.791. The Morgan fingerprint density at radius 3 is 2.33 bits per heavy atom. The maximum atomic E-state index is 12.6. The lowest BCUT2D eigenvalue weighted by Gasteiger charge is -1.97. The summed E-state index contributed by atoms with van der Waals surface area (Å²) in [7, 11) is 0.